The fourth-order valence-corrected chi connectivity index (χ4v) is 6.34. The third-order valence-electron chi connectivity index (χ3n) is 8.28. The molecule has 3 saturated heterocycles. The van der Waals surface area contributed by atoms with Gasteiger partial charge in [-0.25, -0.2) is 0 Å². The first-order valence-corrected chi connectivity index (χ1v) is 13.1. The summed E-state index contributed by atoms with van der Waals surface area (Å²) < 4.78 is 6.02. The molecule has 3 fully saturated rings. The van der Waals surface area contributed by atoms with Crippen LogP contribution in [0.25, 0.3) is 0 Å². The van der Waals surface area contributed by atoms with Crippen molar-refractivity contribution in [2.75, 3.05) is 26.2 Å². The van der Waals surface area contributed by atoms with Crippen LogP contribution in [0.3, 0.4) is 0 Å². The average Bonchev–Trinajstić information content (AvgIpc) is 2.93. The largest absolute Gasteiger partial charge is 0.489 e. The molecule has 0 spiro atoms. The summed E-state index contributed by atoms with van der Waals surface area (Å²) in [5, 5.41) is 0. The number of carbonyl (C=O) groups excluding carboxylic acids is 1. The lowest BCUT2D eigenvalue weighted by Crippen LogP contribution is -2.49. The highest BCUT2D eigenvalue weighted by Gasteiger charge is 2.38. The van der Waals surface area contributed by atoms with Crippen molar-refractivity contribution in [1.29, 1.82) is 0 Å². The molecule has 0 aromatic heterocycles. The zero-order valence-electron chi connectivity index (χ0n) is 20.3. The van der Waals surface area contributed by atoms with E-state index in [4.69, 9.17) is 4.74 Å². The molecule has 0 saturated carbocycles. The summed E-state index contributed by atoms with van der Waals surface area (Å²) in [7, 11) is 0. The number of fused-ring (bicyclic) bond motifs is 4. The Morgan fingerprint density at radius 3 is 2.34 bits per heavy atom. The molecule has 4 aliphatic rings. The van der Waals surface area contributed by atoms with E-state index in [1.807, 2.05) is 30.3 Å². The van der Waals surface area contributed by atoms with Gasteiger partial charge in [-0.1, -0.05) is 66.7 Å². The number of amides is 1. The lowest BCUT2D eigenvalue weighted by atomic mass is 9.77. The maximum absolute atomic E-state index is 13.7. The smallest absolute Gasteiger partial charge is 0.223 e. The first-order valence-electron chi connectivity index (χ1n) is 13.1. The van der Waals surface area contributed by atoms with E-state index < -0.39 is 0 Å². The van der Waals surface area contributed by atoms with Crippen molar-refractivity contribution in [3.63, 3.8) is 0 Å². The minimum Gasteiger partial charge on any atom is -0.489 e. The summed E-state index contributed by atoms with van der Waals surface area (Å²) in [4.78, 5) is 18.4. The summed E-state index contributed by atoms with van der Waals surface area (Å²) in [6.07, 6.45) is 4.12. The second-order valence-electron chi connectivity index (χ2n) is 10.4. The van der Waals surface area contributed by atoms with E-state index in [2.05, 4.69) is 58.3 Å². The van der Waals surface area contributed by atoms with Crippen LogP contribution in [-0.4, -0.2) is 41.9 Å². The Kier molecular flexibility index (Phi) is 6.30. The van der Waals surface area contributed by atoms with Crippen LogP contribution in [0, 0.1) is 11.8 Å². The molecule has 0 unspecified atom stereocenters. The standard InChI is InChI=1S/C31H34N2O2/c34-30(20-27-21-32-17-14-24(27)15-18-32)33-19-16-25-8-4-5-9-29(25)31(33)26-10-12-28(13-11-26)35-22-23-6-2-1-3-7-23/h1-13,24,27,31H,14-22H2/t27-,31-/m1/s1. The van der Waals surface area contributed by atoms with E-state index in [1.54, 1.807) is 0 Å². The Labute approximate surface area is 208 Å². The van der Waals surface area contributed by atoms with Gasteiger partial charge in [0.05, 0.1) is 6.04 Å². The third kappa shape index (κ3) is 4.72. The number of ether oxygens (including phenoxy) is 1. The Balaban J connectivity index is 1.22. The van der Waals surface area contributed by atoms with Gasteiger partial charge in [0.2, 0.25) is 5.91 Å². The summed E-state index contributed by atoms with van der Waals surface area (Å²) >= 11 is 0. The predicted molar refractivity (Wildman–Crippen MR) is 138 cm³/mol. The molecule has 4 nitrogen and oxygen atoms in total. The normalized spacial score (nSPS) is 25.2. The number of carbonyl (C=O) groups is 1. The van der Waals surface area contributed by atoms with Gasteiger partial charge in [-0.05, 0) is 78.6 Å². The fraction of sp³-hybridized carbons (Fsp3) is 0.387. The Morgan fingerprint density at radius 2 is 1.60 bits per heavy atom. The van der Waals surface area contributed by atoms with Crippen LogP contribution in [0.15, 0.2) is 78.9 Å². The predicted octanol–water partition coefficient (Wildman–Crippen LogP) is 5.47. The van der Waals surface area contributed by atoms with Gasteiger partial charge in [-0.2, -0.15) is 0 Å². The molecular formula is C31H34N2O2. The molecule has 4 heterocycles. The summed E-state index contributed by atoms with van der Waals surface area (Å²) in [6, 6.07) is 27.2. The molecule has 2 bridgehead atoms. The van der Waals surface area contributed by atoms with E-state index in [1.165, 1.54) is 37.1 Å². The first kappa shape index (κ1) is 22.4. The van der Waals surface area contributed by atoms with E-state index in [-0.39, 0.29) is 6.04 Å². The molecule has 2 atom stereocenters. The highest BCUT2D eigenvalue weighted by atomic mass is 16.5. The molecule has 180 valence electrons. The van der Waals surface area contributed by atoms with Crippen LogP contribution in [-0.2, 0) is 17.8 Å². The highest BCUT2D eigenvalue weighted by molar-refractivity contribution is 5.78. The monoisotopic (exact) mass is 466 g/mol. The molecule has 0 N–H and O–H groups in total. The number of benzene rings is 3. The van der Waals surface area contributed by atoms with Crippen LogP contribution in [0.5, 0.6) is 5.75 Å². The summed E-state index contributed by atoms with van der Waals surface area (Å²) in [6.45, 7) is 4.87. The number of hydrogen-bond acceptors (Lipinski definition) is 3. The van der Waals surface area contributed by atoms with E-state index >= 15 is 0 Å². The van der Waals surface area contributed by atoms with Crippen LogP contribution < -0.4 is 4.74 Å². The van der Waals surface area contributed by atoms with Gasteiger partial charge >= 0.3 is 0 Å². The molecule has 7 rings (SSSR count). The molecule has 4 aliphatic heterocycles. The van der Waals surface area contributed by atoms with Crippen LogP contribution >= 0.6 is 0 Å². The van der Waals surface area contributed by atoms with Gasteiger partial charge in [-0.15, -0.1) is 0 Å². The lowest BCUT2D eigenvalue weighted by Gasteiger charge is -2.46. The lowest BCUT2D eigenvalue weighted by molar-refractivity contribution is -0.136. The summed E-state index contributed by atoms with van der Waals surface area (Å²) in [5.41, 5.74) is 4.93. The topological polar surface area (TPSA) is 32.8 Å². The molecule has 3 aromatic carbocycles. The van der Waals surface area contributed by atoms with E-state index in [0.717, 1.165) is 42.3 Å². The second-order valence-corrected chi connectivity index (χ2v) is 10.4. The highest BCUT2D eigenvalue weighted by Crippen LogP contribution is 2.39. The molecular weight excluding hydrogens is 432 g/mol. The average molecular weight is 467 g/mol. The van der Waals surface area contributed by atoms with Crippen molar-refractivity contribution in [1.82, 2.24) is 9.80 Å². The second kappa shape index (κ2) is 9.87. The van der Waals surface area contributed by atoms with Crippen molar-refractivity contribution in [3.8, 4) is 5.75 Å². The minimum atomic E-state index is -0.0308. The Bertz CT molecular complexity index is 1150. The SMILES string of the molecule is O=C(C[C@@H]1CN2CCC1CC2)N1CCc2ccccc2[C@H]1c1ccc(OCc2ccccc2)cc1. The Morgan fingerprint density at radius 1 is 0.857 bits per heavy atom. The molecule has 35 heavy (non-hydrogen) atoms. The Hall–Kier alpha value is -3.11. The molecule has 0 aliphatic carbocycles. The maximum atomic E-state index is 13.7. The van der Waals surface area contributed by atoms with Crippen LogP contribution in [0.2, 0.25) is 0 Å². The number of rotatable bonds is 6. The number of piperidine rings is 3. The quantitative estimate of drug-likeness (QED) is 0.483. The first-order chi connectivity index (χ1) is 17.2. The maximum Gasteiger partial charge on any atom is 0.223 e. The van der Waals surface area contributed by atoms with Gasteiger partial charge in [0.1, 0.15) is 12.4 Å². The van der Waals surface area contributed by atoms with Crippen molar-refractivity contribution < 1.29 is 9.53 Å². The van der Waals surface area contributed by atoms with Crippen molar-refractivity contribution in [2.45, 2.75) is 38.3 Å². The van der Waals surface area contributed by atoms with Gasteiger partial charge in [0.15, 0.2) is 0 Å². The van der Waals surface area contributed by atoms with E-state index in [9.17, 15) is 4.79 Å². The fourth-order valence-electron chi connectivity index (χ4n) is 6.34. The zero-order chi connectivity index (χ0) is 23.6. The molecule has 3 aromatic rings. The zero-order valence-corrected chi connectivity index (χ0v) is 20.3. The third-order valence-corrected chi connectivity index (χ3v) is 8.28. The van der Waals surface area contributed by atoms with Gasteiger partial charge in [-0.3, -0.25) is 4.79 Å². The summed E-state index contributed by atoms with van der Waals surface area (Å²) in [5.74, 6) is 2.40. The van der Waals surface area contributed by atoms with Crippen molar-refractivity contribution in [2.24, 2.45) is 11.8 Å². The van der Waals surface area contributed by atoms with Crippen molar-refractivity contribution >= 4 is 5.91 Å². The van der Waals surface area contributed by atoms with Crippen molar-refractivity contribution in [3.05, 3.63) is 101 Å². The molecule has 0 radical (unpaired) electrons. The van der Waals surface area contributed by atoms with Crippen LogP contribution in [0.4, 0.5) is 0 Å². The molecule has 1 amide bonds. The minimum absolute atomic E-state index is 0.0308. The van der Waals surface area contributed by atoms with Gasteiger partial charge in [0, 0.05) is 19.5 Å². The van der Waals surface area contributed by atoms with Crippen LogP contribution in [0.1, 0.15) is 47.6 Å². The number of hydrogen-bond donors (Lipinski definition) is 0. The van der Waals surface area contributed by atoms with E-state index in [0.29, 0.717) is 24.9 Å². The van der Waals surface area contributed by atoms with Gasteiger partial charge in [0.25, 0.3) is 0 Å². The van der Waals surface area contributed by atoms with Gasteiger partial charge < -0.3 is 14.5 Å². The molecule has 4 heteroatoms. The number of nitrogens with zero attached hydrogens (tertiary/aromatic N) is 2.